The number of rotatable bonds is 8. The van der Waals surface area contributed by atoms with Crippen molar-refractivity contribution in [3.8, 4) is 69.8 Å². The molecule has 1 aliphatic heterocycles. The summed E-state index contributed by atoms with van der Waals surface area (Å²) in [4.78, 5) is 19.9. The van der Waals surface area contributed by atoms with E-state index in [2.05, 4.69) is 168 Å². The smallest absolute Gasteiger partial charge is 0.299 e. The van der Waals surface area contributed by atoms with E-state index in [0.29, 0.717) is 19.7 Å². The van der Waals surface area contributed by atoms with Crippen molar-refractivity contribution in [3.05, 3.63) is 165 Å². The summed E-state index contributed by atoms with van der Waals surface area (Å²) in [5.74, 6) is 1.57. The quantitative estimate of drug-likeness (QED) is 0.0859. The average Bonchev–Trinajstić information content (AvgIpc) is 4.16. The minimum Gasteiger partial charge on any atom is -0.485 e. The van der Waals surface area contributed by atoms with Gasteiger partial charge >= 0.3 is 0 Å². The molecule has 3 aromatic heterocycles. The molecule has 0 radical (unpaired) electrons. The fourth-order valence-electron chi connectivity index (χ4n) is 10.8. The van der Waals surface area contributed by atoms with Gasteiger partial charge in [0, 0.05) is 58.9 Å². The fourth-order valence-corrected chi connectivity index (χ4v) is 14.9. The highest BCUT2D eigenvalue weighted by molar-refractivity contribution is 7.28. The number of carbonyl (C=O) groups is 1. The van der Waals surface area contributed by atoms with Crippen molar-refractivity contribution in [1.82, 2.24) is 0 Å². The highest BCUT2D eigenvalue weighted by Crippen LogP contribution is 2.61. The lowest BCUT2D eigenvalue weighted by Gasteiger charge is -2.30. The number of carbonyl (C=O) groups excluding carboxylic acids is 1. The van der Waals surface area contributed by atoms with Crippen molar-refractivity contribution in [2.75, 3.05) is 18.1 Å². The Morgan fingerprint density at radius 2 is 1.09 bits per heavy atom. The molecule has 0 saturated heterocycles. The zero-order chi connectivity index (χ0) is 45.3. The van der Waals surface area contributed by atoms with Gasteiger partial charge in [-0.05, 0) is 110 Å². The molecular formula is C57H44N2O4S3. The molecular weight excluding hydrogens is 873 g/mol. The van der Waals surface area contributed by atoms with Crippen LogP contribution in [-0.4, -0.2) is 19.7 Å². The molecule has 0 atom stereocenters. The van der Waals surface area contributed by atoms with E-state index in [9.17, 15) is 10.1 Å². The molecule has 0 fully saturated rings. The molecule has 0 unspecified atom stereocenters. The standard InChI is InChI=1S/C57H44N2O4S3/c1-55(2)42-13-9-7-11-38(42)40-21-19-34(25-44(40)55)59(35-20-22-41-39-12-8-10-14-43(39)56(3,4)45(41)26-35)33-17-15-32(16-18-33)51-49-50(62-24-23-61-49)54(66-51)48-29-47-53(65-48)52-46(57(47,5)6)28-37(64-52)27-36(30-58)63-31-60/h7-22,25-29,31H,23-24H2,1-6H3. The number of benzene rings is 5. The van der Waals surface area contributed by atoms with Crippen LogP contribution < -0.4 is 14.4 Å². The van der Waals surface area contributed by atoms with Crippen molar-refractivity contribution in [2.45, 2.75) is 57.8 Å². The number of fused-ring (bicyclic) bond motifs is 10. The highest BCUT2D eigenvalue weighted by Gasteiger charge is 2.41. The number of anilines is 3. The topological polar surface area (TPSA) is 71.8 Å². The Hall–Kier alpha value is -6.70. The SMILES string of the molecule is CC1(C)c2ccccc2-c2ccc(N(c3ccc(-c4sc(-c5cc6c(s5)-c5sc(C=C(C#N)OC=O)cc5C6(C)C)c5c4OCCO5)cc3)c3ccc4c(c3)C(C)(C)c3ccccc3-4)cc21. The summed E-state index contributed by atoms with van der Waals surface area (Å²) < 4.78 is 17.8. The van der Waals surface area contributed by atoms with E-state index in [-0.39, 0.29) is 22.0 Å². The van der Waals surface area contributed by atoms with Crippen LogP contribution in [-0.2, 0) is 25.8 Å². The van der Waals surface area contributed by atoms with Crippen molar-refractivity contribution in [3.63, 3.8) is 0 Å². The number of ether oxygens (including phenoxy) is 3. The fraction of sp³-hybridized carbons (Fsp3) is 0.193. The second kappa shape index (κ2) is 14.7. The van der Waals surface area contributed by atoms with Crippen LogP contribution in [0.15, 0.2) is 127 Å². The Morgan fingerprint density at radius 1 is 0.576 bits per heavy atom. The van der Waals surface area contributed by atoms with Gasteiger partial charge in [0.1, 0.15) is 19.3 Å². The number of nitriles is 1. The van der Waals surface area contributed by atoms with Crippen LogP contribution in [0.5, 0.6) is 11.5 Å². The first-order valence-corrected chi connectivity index (χ1v) is 24.7. The molecule has 4 heterocycles. The van der Waals surface area contributed by atoms with E-state index in [1.807, 2.05) is 6.07 Å². The maximum absolute atomic E-state index is 11.0. The van der Waals surface area contributed by atoms with E-state index >= 15 is 0 Å². The van der Waals surface area contributed by atoms with Crippen LogP contribution in [0.2, 0.25) is 0 Å². The summed E-state index contributed by atoms with van der Waals surface area (Å²) in [7, 11) is 0. The van der Waals surface area contributed by atoms with Gasteiger partial charge in [-0.1, -0.05) is 114 Å². The third-order valence-electron chi connectivity index (χ3n) is 14.3. The van der Waals surface area contributed by atoms with Crippen LogP contribution in [0.1, 0.15) is 79.8 Å². The third-order valence-corrected chi connectivity index (χ3v) is 18.0. The average molecular weight is 917 g/mol. The largest absolute Gasteiger partial charge is 0.485 e. The summed E-state index contributed by atoms with van der Waals surface area (Å²) in [5.41, 5.74) is 16.9. The number of hydrogen-bond acceptors (Lipinski definition) is 9. The molecule has 9 heteroatoms. The van der Waals surface area contributed by atoms with Gasteiger partial charge in [-0.15, -0.1) is 34.0 Å². The van der Waals surface area contributed by atoms with Gasteiger partial charge < -0.3 is 19.1 Å². The normalized spacial score (nSPS) is 16.0. The molecule has 6 nitrogen and oxygen atoms in total. The second-order valence-corrected chi connectivity index (χ2v) is 22.2. The van der Waals surface area contributed by atoms with Gasteiger partial charge in [-0.3, -0.25) is 4.79 Å². The summed E-state index contributed by atoms with van der Waals surface area (Å²) in [6.07, 6.45) is 1.64. The molecule has 0 amide bonds. The zero-order valence-corrected chi connectivity index (χ0v) is 39.8. The van der Waals surface area contributed by atoms with Gasteiger partial charge in [-0.2, -0.15) is 5.26 Å². The predicted molar refractivity (Wildman–Crippen MR) is 270 cm³/mol. The van der Waals surface area contributed by atoms with Gasteiger partial charge in [0.25, 0.3) is 6.47 Å². The van der Waals surface area contributed by atoms with Crippen LogP contribution in [0, 0.1) is 11.3 Å². The van der Waals surface area contributed by atoms with Gasteiger partial charge in [-0.25, -0.2) is 0 Å². The lowest BCUT2D eigenvalue weighted by atomic mass is 9.82. The first-order chi connectivity index (χ1) is 31.9. The van der Waals surface area contributed by atoms with Gasteiger partial charge in [0.15, 0.2) is 11.5 Å². The molecule has 0 N–H and O–H groups in total. The molecule has 324 valence electrons. The Labute approximate surface area is 396 Å². The lowest BCUT2D eigenvalue weighted by Crippen LogP contribution is -2.18. The maximum atomic E-state index is 11.0. The minimum atomic E-state index is -0.253. The lowest BCUT2D eigenvalue weighted by molar-refractivity contribution is -0.124. The van der Waals surface area contributed by atoms with E-state index in [1.165, 1.54) is 65.4 Å². The number of hydrogen-bond donors (Lipinski definition) is 0. The second-order valence-electron chi connectivity index (χ2n) is 19.0. The Kier molecular flexibility index (Phi) is 9.05. The third kappa shape index (κ3) is 5.91. The van der Waals surface area contributed by atoms with Crippen molar-refractivity contribution in [2.24, 2.45) is 0 Å². The van der Waals surface area contributed by atoms with Crippen LogP contribution >= 0.6 is 34.0 Å². The Balaban J connectivity index is 0.945. The summed E-state index contributed by atoms with van der Waals surface area (Å²) in [5, 5.41) is 9.49. The Bertz CT molecular complexity index is 3320. The predicted octanol–water partition coefficient (Wildman–Crippen LogP) is 15.4. The van der Waals surface area contributed by atoms with Crippen molar-refractivity contribution < 1.29 is 19.0 Å². The molecule has 12 rings (SSSR count). The Morgan fingerprint density at radius 3 is 1.68 bits per heavy atom. The first kappa shape index (κ1) is 40.8. The molecule has 5 aromatic carbocycles. The minimum absolute atomic E-state index is 0.0253. The van der Waals surface area contributed by atoms with Crippen LogP contribution in [0.3, 0.4) is 0 Å². The van der Waals surface area contributed by atoms with E-state index < -0.39 is 0 Å². The number of thiophene rings is 3. The molecule has 0 spiro atoms. The molecule has 8 aromatic rings. The first-order valence-electron chi connectivity index (χ1n) is 22.2. The highest BCUT2D eigenvalue weighted by atomic mass is 32.1. The summed E-state index contributed by atoms with van der Waals surface area (Å²) in [6.45, 7) is 15.1. The molecule has 0 bridgehead atoms. The van der Waals surface area contributed by atoms with E-state index in [4.69, 9.17) is 14.2 Å². The molecule has 0 saturated carbocycles. The van der Waals surface area contributed by atoms with E-state index in [1.54, 1.807) is 40.1 Å². The zero-order valence-electron chi connectivity index (χ0n) is 37.4. The number of nitrogens with zero attached hydrogens (tertiary/aromatic N) is 2. The number of allylic oxidation sites excluding steroid dienone is 1. The van der Waals surface area contributed by atoms with Crippen molar-refractivity contribution in [1.29, 1.82) is 5.26 Å². The van der Waals surface area contributed by atoms with Gasteiger partial charge in [0.05, 0.1) is 9.75 Å². The van der Waals surface area contributed by atoms with Crippen LogP contribution in [0.25, 0.3) is 58.3 Å². The summed E-state index contributed by atoms with van der Waals surface area (Å²) >= 11 is 5.10. The maximum Gasteiger partial charge on any atom is 0.299 e. The van der Waals surface area contributed by atoms with Gasteiger partial charge in [0.2, 0.25) is 5.76 Å². The molecule has 66 heavy (non-hydrogen) atoms. The summed E-state index contributed by atoms with van der Waals surface area (Å²) in [6, 6.07) is 47.0. The van der Waals surface area contributed by atoms with E-state index in [0.717, 1.165) is 53.6 Å². The van der Waals surface area contributed by atoms with Crippen molar-refractivity contribution >= 4 is 63.6 Å². The molecule has 4 aliphatic rings. The monoisotopic (exact) mass is 916 g/mol. The van der Waals surface area contributed by atoms with Crippen LogP contribution in [0.4, 0.5) is 17.1 Å². The molecule has 3 aliphatic carbocycles.